The molecule has 17 heavy (non-hydrogen) atoms. The molecule has 1 aromatic rings. The van der Waals surface area contributed by atoms with Gasteiger partial charge in [-0.3, -0.25) is 4.90 Å². The third-order valence-electron chi connectivity index (χ3n) is 3.05. The number of hydrogen-bond acceptors (Lipinski definition) is 3. The number of pyridine rings is 1. The molecule has 1 saturated heterocycles. The van der Waals surface area contributed by atoms with Gasteiger partial charge in [-0.25, -0.2) is 9.37 Å². The van der Waals surface area contributed by atoms with Crippen LogP contribution in [0, 0.1) is 5.82 Å². The van der Waals surface area contributed by atoms with E-state index in [1.165, 1.54) is 12.3 Å². The number of likely N-dealkylation sites (tertiary alicyclic amines) is 1. The molecule has 1 N–H and O–H groups in total. The van der Waals surface area contributed by atoms with E-state index in [-0.39, 0.29) is 5.82 Å². The van der Waals surface area contributed by atoms with Crippen molar-refractivity contribution in [2.24, 2.45) is 0 Å². The van der Waals surface area contributed by atoms with Crippen molar-refractivity contribution < 1.29 is 4.39 Å². The number of hydrogen-bond donors (Lipinski definition) is 1. The average molecular weight is 235 g/mol. The van der Waals surface area contributed by atoms with Gasteiger partial charge in [0.1, 0.15) is 11.6 Å². The van der Waals surface area contributed by atoms with Crippen molar-refractivity contribution >= 4 is 5.82 Å². The second-order valence-electron chi connectivity index (χ2n) is 4.37. The molecule has 0 radical (unpaired) electrons. The van der Waals surface area contributed by atoms with Crippen LogP contribution in [0.2, 0.25) is 0 Å². The normalized spacial score (nSPS) is 17.9. The van der Waals surface area contributed by atoms with Crippen molar-refractivity contribution in [1.29, 1.82) is 0 Å². The van der Waals surface area contributed by atoms with Crippen LogP contribution in [0.3, 0.4) is 0 Å². The van der Waals surface area contributed by atoms with E-state index in [0.29, 0.717) is 6.04 Å². The van der Waals surface area contributed by atoms with E-state index in [1.54, 1.807) is 6.07 Å². The van der Waals surface area contributed by atoms with Gasteiger partial charge in [-0.2, -0.15) is 0 Å². The lowest BCUT2D eigenvalue weighted by atomic mass is 10.1. The molecule has 4 heteroatoms. The summed E-state index contributed by atoms with van der Waals surface area (Å²) < 4.78 is 12.7. The van der Waals surface area contributed by atoms with E-state index >= 15 is 0 Å². The Bertz CT molecular complexity index is 355. The Morgan fingerprint density at radius 2 is 2.24 bits per heavy atom. The lowest BCUT2D eigenvalue weighted by molar-refractivity contribution is 0.240. The Morgan fingerprint density at radius 3 is 2.82 bits per heavy atom. The van der Waals surface area contributed by atoms with Gasteiger partial charge in [-0.15, -0.1) is 6.58 Å². The summed E-state index contributed by atoms with van der Waals surface area (Å²) in [5, 5.41) is 3.34. The molecular formula is C13H18FN3. The van der Waals surface area contributed by atoms with Gasteiger partial charge in [0.05, 0.1) is 6.20 Å². The van der Waals surface area contributed by atoms with Crippen LogP contribution in [0.25, 0.3) is 0 Å². The molecule has 0 amide bonds. The highest BCUT2D eigenvalue weighted by molar-refractivity contribution is 5.34. The number of halogens is 1. The average Bonchev–Trinajstić information content (AvgIpc) is 2.35. The standard InChI is InChI=1S/C13H18FN3/c1-2-7-17-8-5-12(6-9-17)16-13-4-3-11(14)10-15-13/h2-4,10,12H,1,5-9H2,(H,15,16). The van der Waals surface area contributed by atoms with Crippen LogP contribution in [0.4, 0.5) is 10.2 Å². The zero-order chi connectivity index (χ0) is 12.1. The van der Waals surface area contributed by atoms with E-state index in [1.807, 2.05) is 6.08 Å². The lowest BCUT2D eigenvalue weighted by Crippen LogP contribution is -2.39. The number of piperidine rings is 1. The molecule has 0 aliphatic carbocycles. The first kappa shape index (κ1) is 12.0. The molecule has 0 aromatic carbocycles. The molecule has 0 saturated carbocycles. The second kappa shape index (κ2) is 5.77. The molecule has 2 rings (SSSR count). The van der Waals surface area contributed by atoms with Crippen LogP contribution in [0.5, 0.6) is 0 Å². The predicted molar refractivity (Wildman–Crippen MR) is 67.5 cm³/mol. The van der Waals surface area contributed by atoms with Crippen LogP contribution in [-0.4, -0.2) is 35.6 Å². The van der Waals surface area contributed by atoms with Crippen molar-refractivity contribution in [2.75, 3.05) is 25.0 Å². The summed E-state index contributed by atoms with van der Waals surface area (Å²) in [5.74, 6) is 0.463. The Hall–Kier alpha value is -1.42. The number of rotatable bonds is 4. The highest BCUT2D eigenvalue weighted by Gasteiger charge is 2.18. The molecule has 1 aromatic heterocycles. The number of anilines is 1. The Labute approximate surface area is 101 Å². The van der Waals surface area contributed by atoms with Crippen molar-refractivity contribution in [1.82, 2.24) is 9.88 Å². The van der Waals surface area contributed by atoms with E-state index < -0.39 is 0 Å². The highest BCUT2D eigenvalue weighted by Crippen LogP contribution is 2.15. The number of aromatic nitrogens is 1. The van der Waals surface area contributed by atoms with E-state index in [0.717, 1.165) is 38.3 Å². The molecule has 1 fully saturated rings. The van der Waals surface area contributed by atoms with Crippen LogP contribution in [0.15, 0.2) is 31.0 Å². The van der Waals surface area contributed by atoms with E-state index in [2.05, 4.69) is 21.8 Å². The zero-order valence-electron chi connectivity index (χ0n) is 9.90. The van der Waals surface area contributed by atoms with Crippen molar-refractivity contribution in [3.63, 3.8) is 0 Å². The largest absolute Gasteiger partial charge is 0.367 e. The van der Waals surface area contributed by atoms with Crippen LogP contribution in [-0.2, 0) is 0 Å². The third kappa shape index (κ3) is 3.53. The van der Waals surface area contributed by atoms with E-state index in [4.69, 9.17) is 0 Å². The molecule has 0 bridgehead atoms. The lowest BCUT2D eigenvalue weighted by Gasteiger charge is -2.31. The van der Waals surface area contributed by atoms with Gasteiger partial charge in [0.15, 0.2) is 0 Å². The Kier molecular flexibility index (Phi) is 4.09. The van der Waals surface area contributed by atoms with Gasteiger partial charge in [-0.1, -0.05) is 6.08 Å². The van der Waals surface area contributed by atoms with Gasteiger partial charge in [0.2, 0.25) is 0 Å². The first-order valence-corrected chi connectivity index (χ1v) is 5.99. The molecule has 0 spiro atoms. The predicted octanol–water partition coefficient (Wildman–Crippen LogP) is 2.28. The summed E-state index contributed by atoms with van der Waals surface area (Å²) >= 11 is 0. The fourth-order valence-corrected chi connectivity index (χ4v) is 2.11. The van der Waals surface area contributed by atoms with E-state index in [9.17, 15) is 4.39 Å². The van der Waals surface area contributed by atoms with Crippen molar-refractivity contribution in [3.8, 4) is 0 Å². The van der Waals surface area contributed by atoms with Crippen LogP contribution >= 0.6 is 0 Å². The molecule has 2 heterocycles. The highest BCUT2D eigenvalue weighted by atomic mass is 19.1. The Morgan fingerprint density at radius 1 is 1.47 bits per heavy atom. The summed E-state index contributed by atoms with van der Waals surface area (Å²) in [4.78, 5) is 6.39. The molecular weight excluding hydrogens is 217 g/mol. The number of nitrogens with zero attached hydrogens (tertiary/aromatic N) is 2. The molecule has 0 atom stereocenters. The topological polar surface area (TPSA) is 28.2 Å². The summed E-state index contributed by atoms with van der Waals surface area (Å²) in [7, 11) is 0. The zero-order valence-corrected chi connectivity index (χ0v) is 9.90. The van der Waals surface area contributed by atoms with Gasteiger partial charge < -0.3 is 5.32 Å². The molecule has 1 aliphatic rings. The summed E-state index contributed by atoms with van der Waals surface area (Å²) in [6.07, 6.45) is 5.37. The summed E-state index contributed by atoms with van der Waals surface area (Å²) in [5.41, 5.74) is 0. The Balaban J connectivity index is 1.81. The summed E-state index contributed by atoms with van der Waals surface area (Å²) in [6.45, 7) is 6.86. The molecule has 3 nitrogen and oxygen atoms in total. The quantitative estimate of drug-likeness (QED) is 0.812. The van der Waals surface area contributed by atoms with Gasteiger partial charge in [0, 0.05) is 25.7 Å². The fraction of sp³-hybridized carbons (Fsp3) is 0.462. The van der Waals surface area contributed by atoms with Crippen LogP contribution < -0.4 is 5.32 Å². The molecule has 0 unspecified atom stereocenters. The smallest absolute Gasteiger partial charge is 0.141 e. The third-order valence-corrected chi connectivity index (χ3v) is 3.05. The maximum absolute atomic E-state index is 12.7. The van der Waals surface area contributed by atoms with Gasteiger partial charge in [0.25, 0.3) is 0 Å². The SMILES string of the molecule is C=CCN1CCC(Nc2ccc(F)cn2)CC1. The van der Waals surface area contributed by atoms with Crippen molar-refractivity contribution in [2.45, 2.75) is 18.9 Å². The number of nitrogens with one attached hydrogen (secondary N) is 1. The first-order chi connectivity index (χ1) is 8.28. The van der Waals surface area contributed by atoms with Crippen molar-refractivity contribution in [3.05, 3.63) is 36.8 Å². The van der Waals surface area contributed by atoms with Crippen LogP contribution in [0.1, 0.15) is 12.8 Å². The van der Waals surface area contributed by atoms with Gasteiger partial charge in [-0.05, 0) is 25.0 Å². The van der Waals surface area contributed by atoms with Gasteiger partial charge >= 0.3 is 0 Å². The minimum Gasteiger partial charge on any atom is -0.367 e. The maximum Gasteiger partial charge on any atom is 0.141 e. The minimum absolute atomic E-state index is 0.295. The minimum atomic E-state index is -0.295. The molecule has 92 valence electrons. The monoisotopic (exact) mass is 235 g/mol. The molecule has 1 aliphatic heterocycles. The maximum atomic E-state index is 12.7. The fourth-order valence-electron chi connectivity index (χ4n) is 2.11. The first-order valence-electron chi connectivity index (χ1n) is 5.99. The summed E-state index contributed by atoms with van der Waals surface area (Å²) in [6, 6.07) is 3.56. The second-order valence-corrected chi connectivity index (χ2v) is 4.37.